The van der Waals surface area contributed by atoms with Crippen LogP contribution in [0, 0.1) is 23.0 Å². The number of carbonyl (C=O) groups is 1. The lowest BCUT2D eigenvalue weighted by atomic mass is 9.79. The van der Waals surface area contributed by atoms with Crippen LogP contribution in [0.4, 0.5) is 17.6 Å². The first kappa shape index (κ1) is 28.9. The molecule has 0 N–H and O–H groups in total. The molecule has 1 saturated carbocycles. The molecule has 0 amide bonds. The lowest BCUT2D eigenvalue weighted by molar-refractivity contribution is -0.141. The van der Waals surface area contributed by atoms with Crippen molar-refractivity contribution in [3.8, 4) is 16.9 Å². The molecule has 0 saturated heterocycles. The third-order valence-corrected chi connectivity index (χ3v) is 8.35. The fourth-order valence-electron chi connectivity index (χ4n) is 5.87. The number of alkyl halides is 2. The molecule has 0 radical (unpaired) electrons. The summed E-state index contributed by atoms with van der Waals surface area (Å²) in [6.07, 6.45) is 3.15. The summed E-state index contributed by atoms with van der Waals surface area (Å²) in [6.45, 7) is 4.26. The van der Waals surface area contributed by atoms with Gasteiger partial charge in [-0.25, -0.2) is 17.6 Å². The second kappa shape index (κ2) is 11.7. The molecule has 1 atom stereocenters. The van der Waals surface area contributed by atoms with Crippen LogP contribution in [-0.4, -0.2) is 13.1 Å². The van der Waals surface area contributed by atoms with Gasteiger partial charge in [-0.05, 0) is 89.1 Å². The van der Waals surface area contributed by atoms with E-state index in [0.29, 0.717) is 11.1 Å². The van der Waals surface area contributed by atoms with Crippen molar-refractivity contribution in [3.63, 3.8) is 0 Å². The van der Waals surface area contributed by atoms with Crippen LogP contribution in [0.2, 0.25) is 0 Å². The van der Waals surface area contributed by atoms with Crippen molar-refractivity contribution in [1.82, 2.24) is 0 Å². The second-order valence-electron chi connectivity index (χ2n) is 11.6. The van der Waals surface area contributed by atoms with Crippen LogP contribution in [0.5, 0.6) is 5.75 Å². The van der Waals surface area contributed by atoms with E-state index in [1.807, 2.05) is 6.07 Å². The van der Waals surface area contributed by atoms with Crippen molar-refractivity contribution < 1.29 is 31.8 Å². The highest BCUT2D eigenvalue weighted by molar-refractivity contribution is 5.85. The fraction of sp³-hybridized carbons (Fsp3) is 0.382. The van der Waals surface area contributed by atoms with Gasteiger partial charge in [0.15, 0.2) is 11.6 Å². The van der Waals surface area contributed by atoms with Crippen molar-refractivity contribution in [2.45, 2.75) is 64.9 Å². The van der Waals surface area contributed by atoms with Crippen LogP contribution in [-0.2, 0) is 16.1 Å². The standard InChI is InChI=1S/C34H34F4O3/c1-34(2)15-5-7-28(34)26-16-20(9-13-23(26)27-17-22(33(37)38)12-14-29(27)35)19-41-30-8-4-6-24(32(30)36)25(21-10-11-21)18-31(39)40-3/h4,6-9,12-14,16-17,21,25,33H,5,10-11,15,18-19H2,1-3H3/t25-/m1/s1. The Hall–Kier alpha value is -3.61. The molecule has 0 aromatic heterocycles. The molecular weight excluding hydrogens is 532 g/mol. The van der Waals surface area contributed by atoms with E-state index in [1.54, 1.807) is 30.3 Å². The number of hydrogen-bond donors (Lipinski definition) is 0. The summed E-state index contributed by atoms with van der Waals surface area (Å²) in [5, 5.41) is 0. The highest BCUT2D eigenvalue weighted by atomic mass is 19.3. The van der Waals surface area contributed by atoms with E-state index in [0.717, 1.165) is 54.5 Å². The summed E-state index contributed by atoms with van der Waals surface area (Å²) in [5.74, 6) is -1.39. The highest BCUT2D eigenvalue weighted by Crippen LogP contribution is 2.48. The third-order valence-electron chi connectivity index (χ3n) is 8.35. The minimum absolute atomic E-state index is 0.0476. The van der Waals surface area contributed by atoms with Crippen molar-refractivity contribution in [1.29, 1.82) is 0 Å². The predicted molar refractivity (Wildman–Crippen MR) is 151 cm³/mol. The van der Waals surface area contributed by atoms with E-state index in [2.05, 4.69) is 19.9 Å². The minimum Gasteiger partial charge on any atom is -0.486 e. The number of carbonyl (C=O) groups excluding carboxylic acids is 1. The van der Waals surface area contributed by atoms with Crippen LogP contribution in [0.15, 0.2) is 60.7 Å². The normalized spacial score (nSPS) is 16.9. The molecule has 3 nitrogen and oxygen atoms in total. The molecule has 2 aliphatic carbocycles. The number of rotatable bonds is 10. The largest absolute Gasteiger partial charge is 0.486 e. The molecule has 2 aliphatic rings. The Bertz CT molecular complexity index is 1470. The summed E-state index contributed by atoms with van der Waals surface area (Å²) in [4.78, 5) is 12.0. The number of methoxy groups -OCH3 is 1. The maximum Gasteiger partial charge on any atom is 0.306 e. The fourth-order valence-corrected chi connectivity index (χ4v) is 5.87. The van der Waals surface area contributed by atoms with E-state index in [-0.39, 0.29) is 53.1 Å². The summed E-state index contributed by atoms with van der Waals surface area (Å²) in [5.41, 5.74) is 3.14. The minimum atomic E-state index is -2.72. The van der Waals surface area contributed by atoms with Crippen LogP contribution in [0.3, 0.4) is 0 Å². The second-order valence-corrected chi connectivity index (χ2v) is 11.6. The average molecular weight is 567 g/mol. The number of ether oxygens (including phenoxy) is 2. The van der Waals surface area contributed by atoms with Crippen molar-refractivity contribution in [2.75, 3.05) is 7.11 Å². The maximum absolute atomic E-state index is 15.6. The van der Waals surface area contributed by atoms with Gasteiger partial charge in [-0.2, -0.15) is 0 Å². The van der Waals surface area contributed by atoms with Crippen LogP contribution in [0.25, 0.3) is 16.7 Å². The van der Waals surface area contributed by atoms with Crippen LogP contribution < -0.4 is 4.74 Å². The highest BCUT2D eigenvalue weighted by Gasteiger charge is 2.36. The van der Waals surface area contributed by atoms with Crippen LogP contribution >= 0.6 is 0 Å². The zero-order valence-electron chi connectivity index (χ0n) is 23.5. The van der Waals surface area contributed by atoms with Gasteiger partial charge in [0.1, 0.15) is 12.4 Å². The number of allylic oxidation sites excluding steroid dienone is 2. The quantitative estimate of drug-likeness (QED) is 0.181. The summed E-state index contributed by atoms with van der Waals surface area (Å²) in [7, 11) is 1.33. The van der Waals surface area contributed by atoms with Gasteiger partial charge in [0.2, 0.25) is 0 Å². The molecule has 0 aliphatic heterocycles. The zero-order valence-corrected chi connectivity index (χ0v) is 23.5. The summed E-state index contributed by atoms with van der Waals surface area (Å²) in [6, 6.07) is 13.7. The lowest BCUT2D eigenvalue weighted by Crippen LogP contribution is -2.12. The molecule has 0 bridgehead atoms. The Kier molecular flexibility index (Phi) is 8.25. The van der Waals surface area contributed by atoms with E-state index >= 15 is 4.39 Å². The van der Waals surface area contributed by atoms with Crippen LogP contribution in [0.1, 0.15) is 80.5 Å². The lowest BCUT2D eigenvalue weighted by Gasteiger charge is -2.26. The van der Waals surface area contributed by atoms with E-state index in [9.17, 15) is 18.0 Å². The first-order valence-corrected chi connectivity index (χ1v) is 14.0. The average Bonchev–Trinajstić information content (AvgIpc) is 3.73. The Balaban J connectivity index is 1.47. The van der Waals surface area contributed by atoms with E-state index in [1.165, 1.54) is 13.2 Å². The Morgan fingerprint density at radius 2 is 1.78 bits per heavy atom. The zero-order chi connectivity index (χ0) is 29.3. The Morgan fingerprint density at radius 3 is 2.44 bits per heavy atom. The summed E-state index contributed by atoms with van der Waals surface area (Å²) >= 11 is 0. The molecule has 3 aromatic carbocycles. The molecular formula is C34H34F4O3. The first-order valence-electron chi connectivity index (χ1n) is 14.0. The monoisotopic (exact) mass is 566 g/mol. The topological polar surface area (TPSA) is 35.5 Å². The number of halogens is 4. The van der Waals surface area contributed by atoms with Gasteiger partial charge in [-0.3, -0.25) is 4.79 Å². The molecule has 7 heteroatoms. The SMILES string of the molecule is COC(=O)C[C@@H](c1cccc(OCc2ccc(-c3cc(C(F)F)ccc3F)c(C3=CCCC3(C)C)c2)c1F)C1CC1. The van der Waals surface area contributed by atoms with E-state index in [4.69, 9.17) is 9.47 Å². The Morgan fingerprint density at radius 1 is 1.00 bits per heavy atom. The number of benzene rings is 3. The van der Waals surface area contributed by atoms with Crippen molar-refractivity contribution in [2.24, 2.45) is 11.3 Å². The molecule has 0 spiro atoms. The van der Waals surface area contributed by atoms with Gasteiger partial charge in [-0.15, -0.1) is 0 Å². The van der Waals surface area contributed by atoms with Gasteiger partial charge in [0.25, 0.3) is 6.43 Å². The molecule has 0 heterocycles. The smallest absolute Gasteiger partial charge is 0.306 e. The van der Waals surface area contributed by atoms with Gasteiger partial charge >= 0.3 is 5.97 Å². The first-order chi connectivity index (χ1) is 19.6. The predicted octanol–water partition coefficient (Wildman–Crippen LogP) is 9.41. The molecule has 0 unspecified atom stereocenters. The molecule has 3 aromatic rings. The van der Waals surface area contributed by atoms with Crippen molar-refractivity contribution >= 4 is 11.5 Å². The van der Waals surface area contributed by atoms with Gasteiger partial charge in [-0.1, -0.05) is 50.3 Å². The maximum atomic E-state index is 15.6. The molecule has 216 valence electrons. The van der Waals surface area contributed by atoms with Gasteiger partial charge in [0.05, 0.1) is 13.5 Å². The van der Waals surface area contributed by atoms with E-state index < -0.39 is 18.1 Å². The van der Waals surface area contributed by atoms with Crippen molar-refractivity contribution in [3.05, 3.63) is 94.6 Å². The van der Waals surface area contributed by atoms with Gasteiger partial charge in [0, 0.05) is 17.0 Å². The summed E-state index contributed by atoms with van der Waals surface area (Å²) < 4.78 is 68.4. The Labute approximate surface area is 238 Å². The number of esters is 1. The molecule has 41 heavy (non-hydrogen) atoms. The molecule has 1 fully saturated rings. The number of hydrogen-bond acceptors (Lipinski definition) is 3. The third kappa shape index (κ3) is 6.19. The van der Waals surface area contributed by atoms with Gasteiger partial charge < -0.3 is 9.47 Å². The molecule has 5 rings (SSSR count).